The lowest BCUT2D eigenvalue weighted by Crippen LogP contribution is -2.42. The first-order chi connectivity index (χ1) is 8.63. The van der Waals surface area contributed by atoms with Crippen LogP contribution in [-0.2, 0) is 16.0 Å². The van der Waals surface area contributed by atoms with Crippen molar-refractivity contribution in [3.63, 3.8) is 0 Å². The summed E-state index contributed by atoms with van der Waals surface area (Å²) in [6.45, 7) is 0. The van der Waals surface area contributed by atoms with Gasteiger partial charge < -0.3 is 10.4 Å². The first kappa shape index (κ1) is 13.8. The summed E-state index contributed by atoms with van der Waals surface area (Å²) in [7, 11) is 0. The minimum atomic E-state index is -1.05. The minimum Gasteiger partial charge on any atom is -0.480 e. The quantitative estimate of drug-likeness (QED) is 0.740. The molecule has 0 heterocycles. The van der Waals surface area contributed by atoms with E-state index in [-0.39, 0.29) is 18.7 Å². The average Bonchev–Trinajstić information content (AvgIpc) is 2.36. The molecule has 0 aromatic heterocycles. The molecular formula is C14H15NO3. The zero-order valence-electron chi connectivity index (χ0n) is 9.93. The molecule has 4 nitrogen and oxygen atoms in total. The predicted molar refractivity (Wildman–Crippen MR) is 67.8 cm³/mol. The summed E-state index contributed by atoms with van der Waals surface area (Å²) in [5.74, 6) is 0.958. The van der Waals surface area contributed by atoms with Crippen LogP contribution in [0.5, 0.6) is 0 Å². The van der Waals surface area contributed by atoms with E-state index < -0.39 is 12.0 Å². The molecule has 1 atom stereocenters. The van der Waals surface area contributed by atoms with Gasteiger partial charge in [0, 0.05) is 19.3 Å². The molecule has 1 aromatic carbocycles. The van der Waals surface area contributed by atoms with Crippen molar-refractivity contribution in [3.05, 3.63) is 35.9 Å². The highest BCUT2D eigenvalue weighted by molar-refractivity contribution is 5.83. The number of nitrogens with one attached hydrogen (secondary N) is 1. The Morgan fingerprint density at radius 2 is 2.00 bits per heavy atom. The van der Waals surface area contributed by atoms with Crippen molar-refractivity contribution in [3.8, 4) is 12.3 Å². The van der Waals surface area contributed by atoms with E-state index in [0.29, 0.717) is 6.42 Å². The smallest absolute Gasteiger partial charge is 0.326 e. The molecule has 0 saturated carbocycles. The molecule has 1 rings (SSSR count). The number of amides is 1. The normalized spacial score (nSPS) is 11.3. The number of carbonyl (C=O) groups is 2. The van der Waals surface area contributed by atoms with Gasteiger partial charge in [-0.1, -0.05) is 30.3 Å². The molecule has 1 amide bonds. The van der Waals surface area contributed by atoms with E-state index in [4.69, 9.17) is 11.5 Å². The number of terminal acetylenes is 1. The Morgan fingerprint density at radius 3 is 2.56 bits per heavy atom. The van der Waals surface area contributed by atoms with E-state index in [2.05, 4.69) is 11.2 Å². The fourth-order valence-corrected chi connectivity index (χ4v) is 1.50. The van der Waals surface area contributed by atoms with Crippen LogP contribution in [0.15, 0.2) is 30.3 Å². The number of rotatable bonds is 6. The standard InChI is InChI=1S/C14H15NO3/c1-2-3-9-13(16)15-12(14(17)18)10-11-7-5-4-6-8-11/h1,4-8,12H,3,9-10H2,(H,15,16)(H,17,18). The molecule has 0 bridgehead atoms. The van der Waals surface area contributed by atoms with E-state index in [1.807, 2.05) is 30.3 Å². The van der Waals surface area contributed by atoms with Crippen LogP contribution in [0.3, 0.4) is 0 Å². The van der Waals surface area contributed by atoms with E-state index in [1.54, 1.807) is 0 Å². The van der Waals surface area contributed by atoms with Crippen molar-refractivity contribution in [2.45, 2.75) is 25.3 Å². The van der Waals surface area contributed by atoms with Gasteiger partial charge in [0.05, 0.1) is 0 Å². The van der Waals surface area contributed by atoms with Crippen LogP contribution >= 0.6 is 0 Å². The van der Waals surface area contributed by atoms with Crippen LogP contribution < -0.4 is 5.32 Å². The summed E-state index contributed by atoms with van der Waals surface area (Å²) < 4.78 is 0. The zero-order chi connectivity index (χ0) is 13.4. The van der Waals surface area contributed by atoms with Crippen molar-refractivity contribution in [1.82, 2.24) is 5.32 Å². The minimum absolute atomic E-state index is 0.148. The Kier molecular flexibility index (Phi) is 5.46. The van der Waals surface area contributed by atoms with Crippen molar-refractivity contribution >= 4 is 11.9 Å². The summed E-state index contributed by atoms with van der Waals surface area (Å²) in [6.07, 6.45) is 5.76. The largest absolute Gasteiger partial charge is 0.480 e. The predicted octanol–water partition coefficient (Wildman–Crippen LogP) is 1.21. The maximum absolute atomic E-state index is 11.4. The fourth-order valence-electron chi connectivity index (χ4n) is 1.50. The lowest BCUT2D eigenvalue weighted by atomic mass is 10.1. The van der Waals surface area contributed by atoms with Crippen LogP contribution in [-0.4, -0.2) is 23.0 Å². The van der Waals surface area contributed by atoms with Gasteiger partial charge in [0.2, 0.25) is 5.91 Å². The number of carboxylic acid groups (broad SMARTS) is 1. The monoisotopic (exact) mass is 245 g/mol. The molecule has 0 spiro atoms. The second-order valence-electron chi connectivity index (χ2n) is 3.85. The molecule has 0 aliphatic heterocycles. The Bertz CT molecular complexity index is 448. The second-order valence-corrected chi connectivity index (χ2v) is 3.85. The summed E-state index contributed by atoms with van der Waals surface area (Å²) in [6, 6.07) is 8.23. The fraction of sp³-hybridized carbons (Fsp3) is 0.286. The van der Waals surface area contributed by atoms with Crippen molar-refractivity contribution < 1.29 is 14.7 Å². The number of aliphatic carboxylic acids is 1. The second kappa shape index (κ2) is 7.13. The summed E-state index contributed by atoms with van der Waals surface area (Å²) in [5.41, 5.74) is 0.863. The van der Waals surface area contributed by atoms with Crippen molar-refractivity contribution in [2.75, 3.05) is 0 Å². The summed E-state index contributed by atoms with van der Waals surface area (Å²) in [4.78, 5) is 22.5. The maximum atomic E-state index is 11.4. The molecule has 0 radical (unpaired) electrons. The van der Waals surface area contributed by atoms with Crippen LogP contribution in [0.2, 0.25) is 0 Å². The van der Waals surface area contributed by atoms with E-state index in [1.165, 1.54) is 0 Å². The topological polar surface area (TPSA) is 66.4 Å². The zero-order valence-corrected chi connectivity index (χ0v) is 9.93. The first-order valence-electron chi connectivity index (χ1n) is 5.63. The number of hydrogen-bond acceptors (Lipinski definition) is 2. The Hall–Kier alpha value is -2.28. The van der Waals surface area contributed by atoms with Gasteiger partial charge in [0.15, 0.2) is 0 Å². The van der Waals surface area contributed by atoms with Gasteiger partial charge in [-0.15, -0.1) is 12.3 Å². The van der Waals surface area contributed by atoms with Crippen LogP contribution in [0, 0.1) is 12.3 Å². The SMILES string of the molecule is C#CCCC(=O)NC(Cc1ccccc1)C(=O)O. The lowest BCUT2D eigenvalue weighted by Gasteiger charge is -2.14. The highest BCUT2D eigenvalue weighted by Gasteiger charge is 2.19. The molecule has 0 fully saturated rings. The molecule has 1 unspecified atom stereocenters. The van der Waals surface area contributed by atoms with Gasteiger partial charge >= 0.3 is 5.97 Å². The van der Waals surface area contributed by atoms with Gasteiger partial charge in [0.1, 0.15) is 6.04 Å². The van der Waals surface area contributed by atoms with Crippen molar-refractivity contribution in [1.29, 1.82) is 0 Å². The van der Waals surface area contributed by atoms with Gasteiger partial charge in [0.25, 0.3) is 0 Å². The highest BCUT2D eigenvalue weighted by atomic mass is 16.4. The van der Waals surface area contributed by atoms with Gasteiger partial charge in [-0.05, 0) is 5.56 Å². The third kappa shape index (κ3) is 4.71. The highest BCUT2D eigenvalue weighted by Crippen LogP contribution is 2.04. The number of benzene rings is 1. The van der Waals surface area contributed by atoms with Gasteiger partial charge in [-0.3, -0.25) is 4.79 Å². The summed E-state index contributed by atoms with van der Waals surface area (Å²) in [5, 5.41) is 11.5. The van der Waals surface area contributed by atoms with E-state index in [0.717, 1.165) is 5.56 Å². The molecule has 0 aliphatic carbocycles. The lowest BCUT2D eigenvalue weighted by molar-refractivity contribution is -0.141. The Labute approximate surface area is 106 Å². The molecule has 2 N–H and O–H groups in total. The molecule has 1 aromatic rings. The Morgan fingerprint density at radius 1 is 1.33 bits per heavy atom. The van der Waals surface area contributed by atoms with Gasteiger partial charge in [-0.2, -0.15) is 0 Å². The summed E-state index contributed by atoms with van der Waals surface area (Å²) >= 11 is 0. The molecule has 4 heteroatoms. The third-order valence-electron chi connectivity index (χ3n) is 2.41. The van der Waals surface area contributed by atoms with Crippen LogP contribution in [0.4, 0.5) is 0 Å². The van der Waals surface area contributed by atoms with E-state index >= 15 is 0 Å². The van der Waals surface area contributed by atoms with Crippen LogP contribution in [0.25, 0.3) is 0 Å². The molecular weight excluding hydrogens is 230 g/mol. The van der Waals surface area contributed by atoms with Crippen molar-refractivity contribution in [2.24, 2.45) is 0 Å². The number of carbonyl (C=O) groups excluding carboxylic acids is 1. The number of carboxylic acids is 1. The average molecular weight is 245 g/mol. The molecule has 94 valence electrons. The van der Waals surface area contributed by atoms with Gasteiger partial charge in [-0.25, -0.2) is 4.79 Å². The molecule has 0 aliphatic rings. The third-order valence-corrected chi connectivity index (χ3v) is 2.41. The van der Waals surface area contributed by atoms with E-state index in [9.17, 15) is 9.59 Å². The first-order valence-corrected chi connectivity index (χ1v) is 5.63. The maximum Gasteiger partial charge on any atom is 0.326 e. The Balaban J connectivity index is 2.59. The molecule has 18 heavy (non-hydrogen) atoms. The molecule has 0 saturated heterocycles. The number of hydrogen-bond donors (Lipinski definition) is 2. The van der Waals surface area contributed by atoms with Crippen LogP contribution in [0.1, 0.15) is 18.4 Å².